The molecule has 2 aromatic rings. The fourth-order valence-electron chi connectivity index (χ4n) is 2.41. The van der Waals surface area contributed by atoms with Gasteiger partial charge in [0.2, 0.25) is 0 Å². The van der Waals surface area contributed by atoms with Crippen LogP contribution in [-0.2, 0) is 12.2 Å². The molecule has 0 unspecified atom stereocenters. The van der Waals surface area contributed by atoms with Crippen LogP contribution in [0.4, 0.5) is 0 Å². The minimum absolute atomic E-state index is 0.733. The molecule has 0 aliphatic carbocycles. The largest absolute Gasteiger partial charge is 0.497 e. The normalized spacial score (nSPS) is 13.4. The Morgan fingerprint density at radius 1 is 1.32 bits per heavy atom. The van der Waals surface area contributed by atoms with Crippen LogP contribution >= 0.6 is 39.3 Å². The average Bonchev–Trinajstić information content (AvgIpc) is 2.57. The van der Waals surface area contributed by atoms with Gasteiger partial charge in [-0.2, -0.15) is 0 Å². The highest BCUT2D eigenvalue weighted by molar-refractivity contribution is 9.10. The standard InChI is InChI=1S/C17H16BrClO2S/c1-20-12-6-4-11(5-7-12)10-22-15-9-14(18)13-3-2-8-21-17(13)16(15)19/h4-7,9H,2-3,8,10H2,1H3. The summed E-state index contributed by atoms with van der Waals surface area (Å²) in [5.74, 6) is 2.57. The molecule has 2 aromatic carbocycles. The maximum absolute atomic E-state index is 6.53. The highest BCUT2D eigenvalue weighted by atomic mass is 79.9. The highest BCUT2D eigenvalue weighted by Gasteiger charge is 2.20. The van der Waals surface area contributed by atoms with Crippen LogP contribution in [0.15, 0.2) is 39.7 Å². The minimum Gasteiger partial charge on any atom is -0.497 e. The van der Waals surface area contributed by atoms with E-state index in [1.165, 1.54) is 11.1 Å². The van der Waals surface area contributed by atoms with Crippen molar-refractivity contribution in [2.45, 2.75) is 23.5 Å². The fraction of sp³-hybridized carbons (Fsp3) is 0.294. The third-order valence-electron chi connectivity index (χ3n) is 3.61. The van der Waals surface area contributed by atoms with Crippen LogP contribution in [0.25, 0.3) is 0 Å². The van der Waals surface area contributed by atoms with Gasteiger partial charge in [-0.25, -0.2) is 0 Å². The van der Waals surface area contributed by atoms with Crippen LogP contribution < -0.4 is 9.47 Å². The van der Waals surface area contributed by atoms with E-state index in [4.69, 9.17) is 21.1 Å². The Morgan fingerprint density at radius 2 is 2.09 bits per heavy atom. The van der Waals surface area contributed by atoms with Gasteiger partial charge in [0.25, 0.3) is 0 Å². The van der Waals surface area contributed by atoms with E-state index in [9.17, 15) is 0 Å². The van der Waals surface area contributed by atoms with Crippen LogP contribution in [0.3, 0.4) is 0 Å². The zero-order chi connectivity index (χ0) is 15.5. The van der Waals surface area contributed by atoms with Gasteiger partial charge in [0.15, 0.2) is 0 Å². The van der Waals surface area contributed by atoms with Gasteiger partial charge in [-0.1, -0.05) is 39.7 Å². The number of ether oxygens (including phenoxy) is 2. The first kappa shape index (κ1) is 16.0. The molecule has 0 amide bonds. The fourth-order valence-corrected chi connectivity index (χ4v) is 4.49. The number of hydrogen-bond donors (Lipinski definition) is 0. The zero-order valence-electron chi connectivity index (χ0n) is 12.2. The lowest BCUT2D eigenvalue weighted by molar-refractivity contribution is 0.287. The van der Waals surface area contributed by atoms with Gasteiger partial charge in [-0.15, -0.1) is 11.8 Å². The molecular weight excluding hydrogens is 384 g/mol. The second-order valence-electron chi connectivity index (χ2n) is 5.07. The quantitative estimate of drug-likeness (QED) is 0.612. The number of hydrogen-bond acceptors (Lipinski definition) is 3. The lowest BCUT2D eigenvalue weighted by Gasteiger charge is -2.21. The molecule has 0 spiro atoms. The van der Waals surface area contributed by atoms with Crippen molar-refractivity contribution in [3.05, 3.63) is 51.0 Å². The number of methoxy groups -OCH3 is 1. The van der Waals surface area contributed by atoms with Gasteiger partial charge in [-0.3, -0.25) is 0 Å². The summed E-state index contributed by atoms with van der Waals surface area (Å²) in [6, 6.07) is 10.2. The Labute approximate surface area is 148 Å². The third-order valence-corrected chi connectivity index (χ3v) is 5.91. The van der Waals surface area contributed by atoms with Crippen molar-refractivity contribution in [3.63, 3.8) is 0 Å². The number of halogens is 2. The van der Waals surface area contributed by atoms with Gasteiger partial charge >= 0.3 is 0 Å². The summed E-state index contributed by atoms with van der Waals surface area (Å²) in [5, 5.41) is 0.733. The maximum atomic E-state index is 6.53. The van der Waals surface area contributed by atoms with Crippen molar-refractivity contribution in [2.75, 3.05) is 13.7 Å². The van der Waals surface area contributed by atoms with E-state index in [0.29, 0.717) is 0 Å². The SMILES string of the molecule is COc1ccc(CSc2cc(Br)c3c(c2Cl)OCCC3)cc1. The molecule has 0 atom stereocenters. The average molecular weight is 400 g/mol. The minimum atomic E-state index is 0.733. The van der Waals surface area contributed by atoms with E-state index >= 15 is 0 Å². The molecule has 2 nitrogen and oxygen atoms in total. The highest BCUT2D eigenvalue weighted by Crippen LogP contribution is 2.44. The molecule has 1 aliphatic heterocycles. The van der Waals surface area contributed by atoms with E-state index in [0.717, 1.165) is 51.1 Å². The Hall–Kier alpha value is -0.840. The summed E-state index contributed by atoms with van der Waals surface area (Å²) in [6.07, 6.45) is 2.05. The second kappa shape index (κ2) is 7.16. The van der Waals surface area contributed by atoms with E-state index < -0.39 is 0 Å². The van der Waals surface area contributed by atoms with Crippen LogP contribution in [0.1, 0.15) is 17.5 Å². The molecule has 0 radical (unpaired) electrons. The zero-order valence-corrected chi connectivity index (χ0v) is 15.4. The van der Waals surface area contributed by atoms with Crippen molar-refractivity contribution in [2.24, 2.45) is 0 Å². The lowest BCUT2D eigenvalue weighted by Crippen LogP contribution is -2.09. The predicted octanol–water partition coefficient (Wildman–Crippen LogP) is 5.73. The van der Waals surface area contributed by atoms with E-state index in [2.05, 4.69) is 34.1 Å². The van der Waals surface area contributed by atoms with Gasteiger partial charge in [0.05, 0.1) is 18.7 Å². The molecule has 0 aromatic heterocycles. The first-order valence-corrected chi connectivity index (χ1v) is 9.24. The first-order chi connectivity index (χ1) is 10.7. The summed E-state index contributed by atoms with van der Waals surface area (Å²) in [7, 11) is 1.67. The number of fused-ring (bicyclic) bond motifs is 1. The van der Waals surface area contributed by atoms with Crippen molar-refractivity contribution in [1.82, 2.24) is 0 Å². The van der Waals surface area contributed by atoms with Crippen molar-refractivity contribution >= 4 is 39.3 Å². The maximum Gasteiger partial charge on any atom is 0.143 e. The Balaban J connectivity index is 1.78. The number of rotatable bonds is 4. The van der Waals surface area contributed by atoms with Crippen LogP contribution in [0.5, 0.6) is 11.5 Å². The Kier molecular flexibility index (Phi) is 5.21. The van der Waals surface area contributed by atoms with Gasteiger partial charge in [0.1, 0.15) is 11.5 Å². The van der Waals surface area contributed by atoms with E-state index in [1.807, 2.05) is 12.1 Å². The monoisotopic (exact) mass is 398 g/mol. The molecule has 1 aliphatic rings. The summed E-state index contributed by atoms with van der Waals surface area (Å²) < 4.78 is 12.0. The third kappa shape index (κ3) is 3.39. The molecule has 0 saturated heterocycles. The summed E-state index contributed by atoms with van der Waals surface area (Å²) in [5.41, 5.74) is 2.42. The molecule has 1 heterocycles. The predicted molar refractivity (Wildman–Crippen MR) is 95.5 cm³/mol. The molecular formula is C17H16BrClO2S. The second-order valence-corrected chi connectivity index (χ2v) is 7.32. The summed E-state index contributed by atoms with van der Waals surface area (Å²) in [6.45, 7) is 0.742. The molecule has 3 rings (SSSR count). The first-order valence-electron chi connectivity index (χ1n) is 7.08. The van der Waals surface area contributed by atoms with Crippen molar-refractivity contribution < 1.29 is 9.47 Å². The molecule has 0 bridgehead atoms. The Bertz CT molecular complexity index is 673. The number of benzene rings is 2. The van der Waals surface area contributed by atoms with Gasteiger partial charge < -0.3 is 9.47 Å². The summed E-state index contributed by atoms with van der Waals surface area (Å²) in [4.78, 5) is 1.05. The van der Waals surface area contributed by atoms with E-state index in [1.54, 1.807) is 18.9 Å². The smallest absolute Gasteiger partial charge is 0.143 e. The topological polar surface area (TPSA) is 18.5 Å². The molecule has 22 heavy (non-hydrogen) atoms. The molecule has 116 valence electrons. The number of thioether (sulfide) groups is 1. The summed E-state index contributed by atoms with van der Waals surface area (Å²) >= 11 is 11.9. The van der Waals surface area contributed by atoms with Gasteiger partial charge in [0, 0.05) is 20.7 Å². The lowest BCUT2D eigenvalue weighted by atomic mass is 10.1. The van der Waals surface area contributed by atoms with E-state index in [-0.39, 0.29) is 0 Å². The Morgan fingerprint density at radius 3 is 2.82 bits per heavy atom. The van der Waals surface area contributed by atoms with Crippen LogP contribution in [0, 0.1) is 0 Å². The van der Waals surface area contributed by atoms with Crippen LogP contribution in [0.2, 0.25) is 5.02 Å². The molecule has 0 saturated carbocycles. The van der Waals surface area contributed by atoms with Crippen LogP contribution in [-0.4, -0.2) is 13.7 Å². The van der Waals surface area contributed by atoms with Crippen molar-refractivity contribution in [1.29, 1.82) is 0 Å². The van der Waals surface area contributed by atoms with Crippen molar-refractivity contribution in [3.8, 4) is 11.5 Å². The molecule has 0 fully saturated rings. The van der Waals surface area contributed by atoms with Gasteiger partial charge in [-0.05, 0) is 36.6 Å². The molecule has 5 heteroatoms. The molecule has 0 N–H and O–H groups in total.